The monoisotopic (exact) mass is 298 g/mol. The lowest BCUT2D eigenvalue weighted by molar-refractivity contribution is 0.0689. The van der Waals surface area contributed by atoms with Crippen LogP contribution in [0.2, 0.25) is 6.32 Å². The molecule has 5 nitrogen and oxygen atoms in total. The zero-order chi connectivity index (χ0) is 15.5. The molecule has 1 aliphatic heterocycles. The maximum Gasteiger partial charge on any atom is 0.522 e. The van der Waals surface area contributed by atoms with Crippen molar-refractivity contribution in [3.05, 3.63) is 59.2 Å². The third-order valence-corrected chi connectivity index (χ3v) is 3.57. The van der Waals surface area contributed by atoms with E-state index in [4.69, 9.17) is 9.39 Å². The van der Waals surface area contributed by atoms with E-state index in [1.165, 1.54) is 0 Å². The molecule has 0 aromatic heterocycles. The molecule has 0 amide bonds. The van der Waals surface area contributed by atoms with Crippen molar-refractivity contribution in [1.82, 2.24) is 0 Å². The molecule has 0 aliphatic carbocycles. The first-order valence-corrected chi connectivity index (χ1v) is 7.06. The van der Waals surface area contributed by atoms with Gasteiger partial charge in [-0.3, -0.25) is 0 Å². The van der Waals surface area contributed by atoms with Crippen LogP contribution in [0.5, 0.6) is 11.5 Å². The van der Waals surface area contributed by atoms with Gasteiger partial charge in [0.15, 0.2) is 0 Å². The summed E-state index contributed by atoms with van der Waals surface area (Å²) in [5.41, 5.74) is 1.68. The highest BCUT2D eigenvalue weighted by Gasteiger charge is 2.30. The maximum absolute atomic E-state index is 11.6. The summed E-state index contributed by atoms with van der Waals surface area (Å²) >= 11 is 0. The number of fused-ring (bicyclic) bond motifs is 1. The van der Waals surface area contributed by atoms with E-state index in [2.05, 4.69) is 0 Å². The highest BCUT2D eigenvalue weighted by atomic mass is 16.5. The van der Waals surface area contributed by atoms with Crippen molar-refractivity contribution < 1.29 is 24.3 Å². The summed E-state index contributed by atoms with van der Waals surface area (Å²) < 4.78 is 11.0. The van der Waals surface area contributed by atoms with Crippen molar-refractivity contribution in [2.24, 2.45) is 0 Å². The first-order chi connectivity index (χ1) is 10.6. The van der Waals surface area contributed by atoms with Crippen LogP contribution in [-0.2, 0) is 13.0 Å². The van der Waals surface area contributed by atoms with Gasteiger partial charge >= 0.3 is 13.1 Å². The number of carboxylic acids is 1. The van der Waals surface area contributed by atoms with Crippen molar-refractivity contribution in [3.8, 4) is 11.5 Å². The Morgan fingerprint density at radius 1 is 1.23 bits per heavy atom. The lowest BCUT2D eigenvalue weighted by Gasteiger charge is -2.23. The zero-order valence-corrected chi connectivity index (χ0v) is 11.9. The fourth-order valence-electron chi connectivity index (χ4n) is 2.47. The molecule has 1 heterocycles. The third kappa shape index (κ3) is 2.92. The second kappa shape index (κ2) is 6.11. The molecule has 0 saturated carbocycles. The van der Waals surface area contributed by atoms with Gasteiger partial charge in [0.05, 0.1) is 0 Å². The largest absolute Gasteiger partial charge is 0.535 e. The minimum Gasteiger partial charge on any atom is -0.535 e. The van der Waals surface area contributed by atoms with Gasteiger partial charge in [-0.2, -0.15) is 0 Å². The number of hydrogen-bond donors (Lipinski definition) is 2. The van der Waals surface area contributed by atoms with Crippen molar-refractivity contribution in [2.75, 3.05) is 0 Å². The Morgan fingerprint density at radius 2 is 2.00 bits per heavy atom. The minimum absolute atomic E-state index is 0.0350. The number of hydrogen-bond acceptors (Lipinski definition) is 4. The van der Waals surface area contributed by atoms with E-state index in [1.807, 2.05) is 30.3 Å². The quantitative estimate of drug-likeness (QED) is 0.848. The summed E-state index contributed by atoms with van der Waals surface area (Å²) in [4.78, 5) is 11.6. The summed E-state index contributed by atoms with van der Waals surface area (Å²) in [5.74, 6) is -0.685. The van der Waals surface area contributed by atoms with Gasteiger partial charge in [-0.25, -0.2) is 4.79 Å². The van der Waals surface area contributed by atoms with E-state index in [-0.39, 0.29) is 23.7 Å². The van der Waals surface area contributed by atoms with Gasteiger partial charge in [0.25, 0.3) is 0 Å². The molecule has 0 radical (unpaired) electrons. The first kappa shape index (κ1) is 14.5. The summed E-state index contributed by atoms with van der Waals surface area (Å²) in [5, 5.41) is 19.1. The van der Waals surface area contributed by atoms with Crippen LogP contribution in [-0.4, -0.2) is 23.2 Å². The van der Waals surface area contributed by atoms with E-state index in [0.717, 1.165) is 11.1 Å². The Hall–Kier alpha value is -2.47. The maximum atomic E-state index is 11.6. The second-order valence-corrected chi connectivity index (χ2v) is 5.12. The normalized spacial score (nSPS) is 13.2. The number of carbonyl (C=O) groups is 1. The van der Waals surface area contributed by atoms with Crippen LogP contribution < -0.4 is 9.39 Å². The molecule has 0 fully saturated rings. The van der Waals surface area contributed by atoms with Crippen LogP contribution in [0.4, 0.5) is 0 Å². The molecular weight excluding hydrogens is 283 g/mol. The molecule has 0 unspecified atom stereocenters. The van der Waals surface area contributed by atoms with Crippen LogP contribution in [0.1, 0.15) is 21.5 Å². The number of ether oxygens (including phenoxy) is 1. The predicted octanol–water partition coefficient (Wildman–Crippen LogP) is 2.38. The molecule has 1 aliphatic rings. The molecule has 22 heavy (non-hydrogen) atoms. The van der Waals surface area contributed by atoms with Crippen LogP contribution >= 0.6 is 0 Å². The van der Waals surface area contributed by atoms with Gasteiger partial charge in [0, 0.05) is 0 Å². The summed E-state index contributed by atoms with van der Waals surface area (Å²) in [6.07, 6.45) is 1.03. The minimum atomic E-state index is -1.13. The van der Waals surface area contributed by atoms with Crippen molar-refractivity contribution in [3.63, 3.8) is 0 Å². The number of rotatable bonds is 4. The van der Waals surface area contributed by atoms with E-state index in [9.17, 15) is 14.9 Å². The molecule has 0 saturated heterocycles. The Labute approximate surface area is 128 Å². The number of aromatic carboxylic acids is 1. The summed E-state index contributed by atoms with van der Waals surface area (Å²) in [7, 11) is -0.977. The average Bonchev–Trinajstić information content (AvgIpc) is 2.52. The molecule has 3 rings (SSSR count). The van der Waals surface area contributed by atoms with Crippen molar-refractivity contribution in [2.45, 2.75) is 19.3 Å². The fourth-order valence-corrected chi connectivity index (χ4v) is 2.47. The standard InChI is InChI=1S/C16H15BO5/c18-16(19)14-13(21-10-11-4-2-1-3-5-11)7-6-12-8-9-17(20)22-15(12)14/h1-7,20H,8-10H2,(H,18,19). The molecule has 2 N–H and O–H groups in total. The van der Waals surface area contributed by atoms with Crippen molar-refractivity contribution >= 4 is 13.1 Å². The van der Waals surface area contributed by atoms with E-state index in [0.29, 0.717) is 12.7 Å². The Bertz CT molecular complexity index is 686. The average molecular weight is 298 g/mol. The molecule has 0 atom stereocenters. The van der Waals surface area contributed by atoms with Crippen LogP contribution in [0.25, 0.3) is 0 Å². The topological polar surface area (TPSA) is 76.0 Å². The third-order valence-electron chi connectivity index (χ3n) is 3.57. The van der Waals surface area contributed by atoms with Crippen LogP contribution in [0.3, 0.4) is 0 Å². The molecule has 0 spiro atoms. The lowest BCUT2D eigenvalue weighted by atomic mass is 9.78. The molecule has 2 aromatic rings. The van der Waals surface area contributed by atoms with Gasteiger partial charge in [-0.1, -0.05) is 36.4 Å². The first-order valence-electron chi connectivity index (χ1n) is 7.06. The van der Waals surface area contributed by atoms with Gasteiger partial charge in [0.1, 0.15) is 23.7 Å². The summed E-state index contributed by atoms with van der Waals surface area (Å²) in [6, 6.07) is 12.9. The zero-order valence-electron chi connectivity index (χ0n) is 11.9. The molecular formula is C16H15BO5. The Balaban J connectivity index is 1.91. The molecule has 6 heteroatoms. The number of aryl methyl sites for hydroxylation is 1. The van der Waals surface area contributed by atoms with Gasteiger partial charge in [0.2, 0.25) is 0 Å². The molecule has 0 bridgehead atoms. The summed E-state index contributed by atoms with van der Waals surface area (Å²) in [6.45, 7) is 0.266. The SMILES string of the molecule is O=C(O)c1c(OCc2ccccc2)ccc2c1OB(O)CC2. The highest BCUT2D eigenvalue weighted by molar-refractivity contribution is 6.44. The number of carboxylic acid groups (broad SMARTS) is 1. The number of benzene rings is 2. The Kier molecular flexibility index (Phi) is 4.02. The smallest absolute Gasteiger partial charge is 0.522 e. The van der Waals surface area contributed by atoms with Crippen LogP contribution in [0, 0.1) is 0 Å². The molecule has 112 valence electrons. The second-order valence-electron chi connectivity index (χ2n) is 5.12. The van der Waals surface area contributed by atoms with E-state index < -0.39 is 13.1 Å². The van der Waals surface area contributed by atoms with Crippen molar-refractivity contribution in [1.29, 1.82) is 0 Å². The van der Waals surface area contributed by atoms with Gasteiger partial charge < -0.3 is 19.5 Å². The fraction of sp³-hybridized carbons (Fsp3) is 0.188. The highest BCUT2D eigenvalue weighted by Crippen LogP contribution is 2.36. The molecule has 2 aromatic carbocycles. The van der Waals surface area contributed by atoms with E-state index >= 15 is 0 Å². The van der Waals surface area contributed by atoms with E-state index in [1.54, 1.807) is 12.1 Å². The Morgan fingerprint density at radius 3 is 2.73 bits per heavy atom. The predicted molar refractivity (Wildman–Crippen MR) is 81.3 cm³/mol. The lowest BCUT2D eigenvalue weighted by Crippen LogP contribution is -2.28. The van der Waals surface area contributed by atoms with Gasteiger partial charge in [-0.05, 0) is 29.9 Å². The van der Waals surface area contributed by atoms with Gasteiger partial charge in [-0.15, -0.1) is 0 Å². The van der Waals surface area contributed by atoms with Crippen LogP contribution in [0.15, 0.2) is 42.5 Å².